The fourth-order valence-corrected chi connectivity index (χ4v) is 6.56. The summed E-state index contributed by atoms with van der Waals surface area (Å²) in [4.78, 5) is 27.2. The normalized spacial score (nSPS) is 24.4. The second kappa shape index (κ2) is 6.37. The Kier molecular flexibility index (Phi) is 3.55. The van der Waals surface area contributed by atoms with E-state index in [9.17, 15) is 9.59 Å². The van der Waals surface area contributed by atoms with E-state index in [1.54, 1.807) is 0 Å². The Labute approximate surface area is 186 Å². The van der Waals surface area contributed by atoms with Crippen molar-refractivity contribution in [1.82, 2.24) is 0 Å². The summed E-state index contributed by atoms with van der Waals surface area (Å²) >= 11 is 0. The van der Waals surface area contributed by atoms with Gasteiger partial charge in [0.05, 0.1) is 0 Å². The molecule has 0 N–H and O–H groups in total. The van der Waals surface area contributed by atoms with Gasteiger partial charge in [0.1, 0.15) is 0 Å². The van der Waals surface area contributed by atoms with Gasteiger partial charge >= 0.3 is 0 Å². The fraction of sp³-hybridized carbons (Fsp3) is 0.133. The van der Waals surface area contributed by atoms with Gasteiger partial charge < -0.3 is 0 Å². The molecule has 0 heterocycles. The van der Waals surface area contributed by atoms with E-state index in [-0.39, 0.29) is 35.2 Å². The molecule has 152 valence electrons. The first kappa shape index (κ1) is 17.9. The van der Waals surface area contributed by atoms with Gasteiger partial charge in [0.2, 0.25) is 0 Å². The van der Waals surface area contributed by atoms with Gasteiger partial charge in [-0.15, -0.1) is 0 Å². The first-order valence-electron chi connectivity index (χ1n) is 11.2. The van der Waals surface area contributed by atoms with Gasteiger partial charge in [-0.1, -0.05) is 97.1 Å². The highest BCUT2D eigenvalue weighted by Gasteiger charge is 2.57. The van der Waals surface area contributed by atoms with Crippen molar-refractivity contribution in [2.45, 2.75) is 23.7 Å². The number of ketones is 2. The summed E-state index contributed by atoms with van der Waals surface area (Å²) in [6, 6.07) is 32.3. The summed E-state index contributed by atoms with van der Waals surface area (Å²) in [6.07, 6.45) is 0. The Hall–Kier alpha value is -3.78. The van der Waals surface area contributed by atoms with Crippen molar-refractivity contribution in [1.29, 1.82) is 0 Å². The zero-order valence-electron chi connectivity index (χ0n) is 17.4. The second-order valence-electron chi connectivity index (χ2n) is 9.11. The van der Waals surface area contributed by atoms with E-state index < -0.39 is 0 Å². The Balaban J connectivity index is 1.58. The average molecular weight is 412 g/mol. The number of hydrogen-bond acceptors (Lipinski definition) is 2. The monoisotopic (exact) mass is 412 g/mol. The van der Waals surface area contributed by atoms with E-state index in [0.717, 1.165) is 44.5 Å². The summed E-state index contributed by atoms with van der Waals surface area (Å²) in [5.41, 5.74) is 7.64. The van der Waals surface area contributed by atoms with Crippen LogP contribution in [0.1, 0.15) is 77.8 Å². The average Bonchev–Trinajstić information content (AvgIpc) is 2.97. The molecule has 1 fully saturated rings. The molecule has 4 aromatic rings. The highest BCUT2D eigenvalue weighted by molar-refractivity contribution is 6.13. The summed E-state index contributed by atoms with van der Waals surface area (Å²) in [5, 5.41) is 0. The molecule has 4 aromatic carbocycles. The van der Waals surface area contributed by atoms with Crippen molar-refractivity contribution in [3.8, 4) is 0 Å². The SMILES string of the molecule is O=C1c2ccccc2C2C(c3ccccc31)C1c3ccccc3C(=O)c3ccccc3C21. The zero-order valence-corrected chi connectivity index (χ0v) is 17.4. The number of carbonyl (C=O) groups excluding carboxylic acids is 2. The van der Waals surface area contributed by atoms with Crippen LogP contribution in [0.5, 0.6) is 0 Å². The van der Waals surface area contributed by atoms with E-state index in [1.165, 1.54) is 0 Å². The molecule has 1 saturated carbocycles. The smallest absolute Gasteiger partial charge is 0.193 e. The Morgan fingerprint density at radius 1 is 0.344 bits per heavy atom. The first-order valence-corrected chi connectivity index (χ1v) is 11.2. The van der Waals surface area contributed by atoms with E-state index in [2.05, 4.69) is 24.3 Å². The summed E-state index contributed by atoms with van der Waals surface area (Å²) < 4.78 is 0. The van der Waals surface area contributed by atoms with Crippen molar-refractivity contribution in [2.75, 3.05) is 0 Å². The highest BCUT2D eigenvalue weighted by Crippen LogP contribution is 2.69. The van der Waals surface area contributed by atoms with Crippen LogP contribution in [0.4, 0.5) is 0 Å². The quantitative estimate of drug-likeness (QED) is 0.343. The summed E-state index contributed by atoms with van der Waals surface area (Å²) in [6.45, 7) is 0. The molecule has 32 heavy (non-hydrogen) atoms. The second-order valence-corrected chi connectivity index (χ2v) is 9.11. The molecule has 0 atom stereocenters. The molecule has 0 aliphatic heterocycles. The Morgan fingerprint density at radius 2 is 0.562 bits per heavy atom. The molecule has 0 unspecified atom stereocenters. The number of hydrogen-bond donors (Lipinski definition) is 0. The topological polar surface area (TPSA) is 34.1 Å². The van der Waals surface area contributed by atoms with Crippen LogP contribution in [0.25, 0.3) is 0 Å². The molecular weight excluding hydrogens is 392 g/mol. The summed E-state index contributed by atoms with van der Waals surface area (Å²) in [5.74, 6) is 0.844. The van der Waals surface area contributed by atoms with Gasteiger partial charge in [-0.25, -0.2) is 0 Å². The maximum absolute atomic E-state index is 13.6. The van der Waals surface area contributed by atoms with Crippen molar-refractivity contribution >= 4 is 11.6 Å². The lowest BCUT2D eigenvalue weighted by Gasteiger charge is -2.53. The fourth-order valence-electron chi connectivity index (χ4n) is 6.56. The molecule has 0 saturated heterocycles. The van der Waals surface area contributed by atoms with Crippen molar-refractivity contribution in [2.24, 2.45) is 0 Å². The third kappa shape index (κ3) is 2.14. The van der Waals surface area contributed by atoms with Crippen LogP contribution in [-0.4, -0.2) is 11.6 Å². The third-order valence-electron chi connectivity index (χ3n) is 7.81. The van der Waals surface area contributed by atoms with Crippen LogP contribution in [-0.2, 0) is 0 Å². The van der Waals surface area contributed by atoms with Crippen LogP contribution < -0.4 is 0 Å². The zero-order chi connectivity index (χ0) is 21.4. The van der Waals surface area contributed by atoms with E-state index in [4.69, 9.17) is 0 Å². The minimum Gasteiger partial charge on any atom is -0.289 e. The Morgan fingerprint density at radius 3 is 0.812 bits per heavy atom. The first-order chi connectivity index (χ1) is 15.8. The largest absolute Gasteiger partial charge is 0.289 e. The van der Waals surface area contributed by atoms with Crippen molar-refractivity contribution in [3.63, 3.8) is 0 Å². The summed E-state index contributed by atoms with van der Waals surface area (Å²) in [7, 11) is 0. The molecular formula is C30H20O2. The van der Waals surface area contributed by atoms with Gasteiger partial charge in [-0.2, -0.15) is 0 Å². The van der Waals surface area contributed by atoms with Crippen LogP contribution in [0, 0.1) is 0 Å². The van der Waals surface area contributed by atoms with E-state index in [1.807, 2.05) is 72.8 Å². The van der Waals surface area contributed by atoms with E-state index in [0.29, 0.717) is 0 Å². The van der Waals surface area contributed by atoms with Crippen LogP contribution in [0.3, 0.4) is 0 Å². The lowest BCUT2D eigenvalue weighted by Crippen LogP contribution is -2.40. The molecule has 2 nitrogen and oxygen atoms in total. The minimum atomic E-state index is 0.109. The van der Waals surface area contributed by atoms with Crippen molar-refractivity contribution in [3.05, 3.63) is 142 Å². The Bertz CT molecular complexity index is 1220. The maximum atomic E-state index is 13.6. The number of carbonyl (C=O) groups is 2. The van der Waals surface area contributed by atoms with Gasteiger partial charge in [-0.3, -0.25) is 9.59 Å². The minimum absolute atomic E-state index is 0.109. The standard InChI is InChI=1S/C30H20O2/c31-29-21-13-5-1-9-17(21)25-26(18-10-2-6-14-22(18)29)28-20-12-4-8-16-24(20)30(32)23-15-7-3-11-19(23)27(25)28/h1-16,25-28H. The number of benzene rings is 4. The molecule has 3 aliphatic carbocycles. The van der Waals surface area contributed by atoms with Crippen LogP contribution in [0.2, 0.25) is 0 Å². The number of fused-ring (bicyclic) bond motifs is 12. The van der Waals surface area contributed by atoms with E-state index >= 15 is 0 Å². The molecule has 2 heteroatoms. The van der Waals surface area contributed by atoms with Crippen LogP contribution >= 0.6 is 0 Å². The molecule has 0 amide bonds. The molecule has 0 aromatic heterocycles. The molecule has 0 spiro atoms. The third-order valence-corrected chi connectivity index (χ3v) is 7.81. The number of rotatable bonds is 0. The van der Waals surface area contributed by atoms with Gasteiger partial charge in [0, 0.05) is 22.3 Å². The molecule has 0 bridgehead atoms. The van der Waals surface area contributed by atoms with Crippen LogP contribution in [0.15, 0.2) is 97.1 Å². The molecule has 7 rings (SSSR count). The maximum Gasteiger partial charge on any atom is 0.193 e. The predicted octanol–water partition coefficient (Wildman–Crippen LogP) is 6.22. The predicted molar refractivity (Wildman–Crippen MR) is 124 cm³/mol. The molecule has 3 aliphatic rings. The molecule has 0 radical (unpaired) electrons. The van der Waals surface area contributed by atoms with Crippen molar-refractivity contribution < 1.29 is 9.59 Å². The highest BCUT2D eigenvalue weighted by atomic mass is 16.1. The van der Waals surface area contributed by atoms with Gasteiger partial charge in [-0.05, 0) is 45.9 Å². The van der Waals surface area contributed by atoms with Gasteiger partial charge in [0.15, 0.2) is 11.6 Å². The van der Waals surface area contributed by atoms with Gasteiger partial charge in [0.25, 0.3) is 0 Å². The lowest BCUT2D eigenvalue weighted by atomic mass is 9.49. The lowest BCUT2D eigenvalue weighted by molar-refractivity contribution is 0.103.